The number of ether oxygens (including phenoxy) is 1. The normalized spacial score (nSPS) is 18.0. The van der Waals surface area contributed by atoms with E-state index in [-0.39, 0.29) is 12.0 Å². The van der Waals surface area contributed by atoms with Crippen molar-refractivity contribution in [3.05, 3.63) is 56.2 Å². The molecule has 1 aromatic carbocycles. The lowest BCUT2D eigenvalue weighted by atomic mass is 10.2. The molecule has 1 aromatic heterocycles. The topological polar surface area (TPSA) is 42.8 Å². The van der Waals surface area contributed by atoms with Gasteiger partial charge in [-0.1, -0.05) is 35.3 Å². The maximum atomic E-state index is 12.5. The first kappa shape index (κ1) is 19.6. The molecule has 2 N–H and O–H groups in total. The highest BCUT2D eigenvalue weighted by Gasteiger charge is 2.24. The predicted molar refractivity (Wildman–Crippen MR) is 106 cm³/mol. The van der Waals surface area contributed by atoms with Gasteiger partial charge in [0.25, 0.3) is 5.91 Å². The predicted octanol–water partition coefficient (Wildman–Crippen LogP) is 2.94. The summed E-state index contributed by atoms with van der Waals surface area (Å²) in [5, 5.41) is 6.20. The number of hydrogen-bond acceptors (Lipinski definition) is 3. The molecule has 1 aliphatic heterocycles. The Morgan fingerprint density at radius 1 is 1.35 bits per heavy atom. The molecule has 140 valence electrons. The molecule has 3 rings (SSSR count). The van der Waals surface area contributed by atoms with Crippen LogP contribution in [0.2, 0.25) is 10.0 Å². The quantitative estimate of drug-likeness (QED) is 0.698. The van der Waals surface area contributed by atoms with Gasteiger partial charge >= 0.3 is 0 Å². The fourth-order valence-electron chi connectivity index (χ4n) is 3.14. The summed E-state index contributed by atoms with van der Waals surface area (Å²) in [6, 6.07) is 9.47. The summed E-state index contributed by atoms with van der Waals surface area (Å²) in [7, 11) is 0. The molecule has 1 aliphatic rings. The first-order chi connectivity index (χ1) is 12.6. The van der Waals surface area contributed by atoms with Crippen LogP contribution in [-0.4, -0.2) is 31.7 Å². The van der Waals surface area contributed by atoms with Crippen LogP contribution in [0.3, 0.4) is 0 Å². The molecule has 7 heteroatoms. The van der Waals surface area contributed by atoms with Crippen LogP contribution < -0.4 is 10.2 Å². The average molecular weight is 414 g/mol. The summed E-state index contributed by atoms with van der Waals surface area (Å²) < 4.78 is 5.76. The van der Waals surface area contributed by atoms with Gasteiger partial charge in [0, 0.05) is 23.2 Å². The van der Waals surface area contributed by atoms with Crippen molar-refractivity contribution in [1.29, 1.82) is 0 Å². The number of amides is 1. The van der Waals surface area contributed by atoms with Crippen molar-refractivity contribution in [3.63, 3.8) is 0 Å². The van der Waals surface area contributed by atoms with Crippen LogP contribution in [0.1, 0.15) is 23.3 Å². The highest BCUT2D eigenvalue weighted by molar-refractivity contribution is 7.09. The Labute approximate surface area is 168 Å². The van der Waals surface area contributed by atoms with Crippen molar-refractivity contribution in [2.24, 2.45) is 0 Å². The number of carbonyl (C=O) groups is 1. The molecule has 2 aromatic rings. The standard InChI is InChI=1S/C19H22Cl2N2O2S/c20-15-6-5-14(18(21)9-15)10-22-19(24)13-23(11-16-3-1-7-25-16)12-17-4-2-8-26-17/h2,4-6,8-9,16H,1,3,7,10-13H2,(H,22,24)/p+1/t16-/m1/s1. The number of carbonyl (C=O) groups excluding carboxylic acids is 1. The summed E-state index contributed by atoms with van der Waals surface area (Å²) in [5.41, 5.74) is 0.864. The van der Waals surface area contributed by atoms with Gasteiger partial charge in [0.05, 0.1) is 4.88 Å². The SMILES string of the molecule is O=C(C[NH+](Cc1cccs1)C[C@H]1CCCO1)NCc1ccc(Cl)cc1Cl. The highest BCUT2D eigenvalue weighted by Crippen LogP contribution is 2.20. The third kappa shape index (κ3) is 5.96. The molecule has 2 atom stereocenters. The van der Waals surface area contributed by atoms with Crippen molar-refractivity contribution in [3.8, 4) is 0 Å². The summed E-state index contributed by atoms with van der Waals surface area (Å²) in [4.78, 5) is 15.0. The van der Waals surface area contributed by atoms with Gasteiger partial charge in [0.1, 0.15) is 19.2 Å². The first-order valence-corrected chi connectivity index (χ1v) is 10.4. The zero-order valence-corrected chi connectivity index (χ0v) is 16.8. The largest absolute Gasteiger partial charge is 0.372 e. The van der Waals surface area contributed by atoms with E-state index in [9.17, 15) is 4.79 Å². The zero-order chi connectivity index (χ0) is 18.4. The third-order valence-corrected chi connectivity index (χ3v) is 5.91. The molecule has 1 fully saturated rings. The molecule has 1 unspecified atom stereocenters. The molecule has 0 spiro atoms. The van der Waals surface area contributed by atoms with E-state index in [1.54, 1.807) is 23.5 Å². The van der Waals surface area contributed by atoms with E-state index in [1.807, 2.05) is 12.1 Å². The fourth-order valence-corrected chi connectivity index (χ4v) is 4.39. The van der Waals surface area contributed by atoms with Crippen molar-refractivity contribution in [2.75, 3.05) is 19.7 Å². The monoisotopic (exact) mass is 413 g/mol. The minimum Gasteiger partial charge on any atom is -0.372 e. The van der Waals surface area contributed by atoms with E-state index in [1.165, 1.54) is 9.78 Å². The first-order valence-electron chi connectivity index (χ1n) is 8.78. The Balaban J connectivity index is 1.55. The highest BCUT2D eigenvalue weighted by atomic mass is 35.5. The number of benzene rings is 1. The van der Waals surface area contributed by atoms with Gasteiger partial charge in [-0.05, 0) is 42.0 Å². The molecule has 2 heterocycles. The van der Waals surface area contributed by atoms with Crippen LogP contribution in [0.4, 0.5) is 0 Å². The number of rotatable bonds is 8. The second-order valence-electron chi connectivity index (χ2n) is 6.53. The van der Waals surface area contributed by atoms with Gasteiger partial charge in [-0.25, -0.2) is 0 Å². The molecule has 0 radical (unpaired) electrons. The maximum Gasteiger partial charge on any atom is 0.275 e. The second kappa shape index (κ2) is 9.72. The molecular weight excluding hydrogens is 391 g/mol. The number of halogens is 2. The van der Waals surface area contributed by atoms with Crippen LogP contribution in [0.15, 0.2) is 35.7 Å². The lowest BCUT2D eigenvalue weighted by molar-refractivity contribution is -0.908. The van der Waals surface area contributed by atoms with Crippen LogP contribution >= 0.6 is 34.5 Å². The molecular formula is C19H23Cl2N2O2S+. The van der Waals surface area contributed by atoms with Crippen molar-refractivity contribution < 1.29 is 14.4 Å². The lowest BCUT2D eigenvalue weighted by Crippen LogP contribution is -3.13. The maximum absolute atomic E-state index is 12.5. The van der Waals surface area contributed by atoms with E-state index in [4.69, 9.17) is 27.9 Å². The van der Waals surface area contributed by atoms with Gasteiger partial charge < -0.3 is 15.0 Å². The molecule has 0 saturated carbocycles. The van der Waals surface area contributed by atoms with E-state index < -0.39 is 0 Å². The fraction of sp³-hybridized carbons (Fsp3) is 0.421. The number of nitrogens with one attached hydrogen (secondary N) is 2. The van der Waals surface area contributed by atoms with Gasteiger partial charge in [-0.15, -0.1) is 11.3 Å². The Bertz CT molecular complexity index is 718. The average Bonchev–Trinajstić information content (AvgIpc) is 3.28. The number of hydrogen-bond donors (Lipinski definition) is 2. The molecule has 1 amide bonds. The van der Waals surface area contributed by atoms with E-state index in [0.717, 1.165) is 38.1 Å². The lowest BCUT2D eigenvalue weighted by Gasteiger charge is -2.21. The molecule has 0 aliphatic carbocycles. The molecule has 0 bridgehead atoms. The molecule has 26 heavy (non-hydrogen) atoms. The van der Waals surface area contributed by atoms with Crippen molar-refractivity contribution >= 4 is 40.4 Å². The zero-order valence-electron chi connectivity index (χ0n) is 14.5. The van der Waals surface area contributed by atoms with Gasteiger partial charge in [-0.3, -0.25) is 4.79 Å². The van der Waals surface area contributed by atoms with Crippen LogP contribution in [0, 0.1) is 0 Å². The third-order valence-electron chi connectivity index (χ3n) is 4.45. The minimum atomic E-state index is 0.0144. The van der Waals surface area contributed by atoms with Crippen LogP contribution in [0.25, 0.3) is 0 Å². The van der Waals surface area contributed by atoms with E-state index in [0.29, 0.717) is 23.1 Å². The van der Waals surface area contributed by atoms with E-state index in [2.05, 4.69) is 16.8 Å². The number of thiophene rings is 1. The Morgan fingerprint density at radius 3 is 2.92 bits per heavy atom. The van der Waals surface area contributed by atoms with Gasteiger partial charge in [0.2, 0.25) is 0 Å². The smallest absolute Gasteiger partial charge is 0.275 e. The van der Waals surface area contributed by atoms with Gasteiger partial charge in [0.15, 0.2) is 6.54 Å². The summed E-state index contributed by atoms with van der Waals surface area (Å²) >= 11 is 13.8. The van der Waals surface area contributed by atoms with Crippen LogP contribution in [-0.2, 0) is 22.6 Å². The van der Waals surface area contributed by atoms with E-state index >= 15 is 0 Å². The summed E-state index contributed by atoms with van der Waals surface area (Å²) in [6.07, 6.45) is 2.44. The molecule has 4 nitrogen and oxygen atoms in total. The summed E-state index contributed by atoms with van der Waals surface area (Å²) in [5.74, 6) is 0.0144. The second-order valence-corrected chi connectivity index (χ2v) is 8.41. The van der Waals surface area contributed by atoms with Gasteiger partial charge in [-0.2, -0.15) is 0 Å². The Hall–Kier alpha value is -1.11. The number of quaternary nitrogens is 1. The molecule has 1 saturated heterocycles. The minimum absolute atomic E-state index is 0.0144. The Morgan fingerprint density at radius 2 is 2.23 bits per heavy atom. The Kier molecular flexibility index (Phi) is 7.34. The van der Waals surface area contributed by atoms with Crippen molar-refractivity contribution in [2.45, 2.75) is 32.0 Å². The van der Waals surface area contributed by atoms with Crippen molar-refractivity contribution in [1.82, 2.24) is 5.32 Å². The van der Waals surface area contributed by atoms with Crippen LogP contribution in [0.5, 0.6) is 0 Å². The summed E-state index contributed by atoms with van der Waals surface area (Å²) in [6.45, 7) is 3.35.